The van der Waals surface area contributed by atoms with Crippen LogP contribution in [0.25, 0.3) is 11.3 Å². The Labute approximate surface area is 238 Å². The average molecular weight is 593 g/mol. The number of hydrogen-bond donors (Lipinski definition) is 3. The molecule has 0 radical (unpaired) electrons. The first kappa shape index (κ1) is 29.2. The molecule has 4 heterocycles. The molecule has 10 nitrogen and oxygen atoms in total. The fourth-order valence-corrected chi connectivity index (χ4v) is 6.17. The van der Waals surface area contributed by atoms with Gasteiger partial charge in [-0.1, -0.05) is 11.3 Å². The summed E-state index contributed by atoms with van der Waals surface area (Å²) in [6.45, 7) is 3.46. The molecule has 14 heteroatoms. The van der Waals surface area contributed by atoms with Crippen LogP contribution in [0.3, 0.4) is 0 Å². The molecular weight excluding hydrogens is 561 g/mol. The van der Waals surface area contributed by atoms with Crippen LogP contribution >= 0.6 is 11.3 Å². The SMILES string of the molecule is COc1ccc(-c2nc(NC(=O)c3cnc(N4CCC(C(O)O)CC4)cn3)sc2CN2CCCC2)cc1C(F)(F)F. The Morgan fingerprint density at radius 2 is 1.88 bits per heavy atom. The summed E-state index contributed by atoms with van der Waals surface area (Å²) < 4.78 is 46.1. The molecule has 1 aromatic carbocycles. The highest BCUT2D eigenvalue weighted by Crippen LogP contribution is 2.41. The molecule has 2 aliphatic rings. The molecule has 220 valence electrons. The molecule has 41 heavy (non-hydrogen) atoms. The number of amides is 1. The summed E-state index contributed by atoms with van der Waals surface area (Å²) in [4.78, 5) is 31.1. The molecule has 0 unspecified atom stereocenters. The van der Waals surface area contributed by atoms with Gasteiger partial charge in [-0.05, 0) is 57.0 Å². The number of halogens is 3. The van der Waals surface area contributed by atoms with E-state index in [0.717, 1.165) is 36.9 Å². The van der Waals surface area contributed by atoms with Gasteiger partial charge in [0, 0.05) is 36.0 Å². The number of alkyl halides is 3. The van der Waals surface area contributed by atoms with Crippen LogP contribution in [0, 0.1) is 5.92 Å². The van der Waals surface area contributed by atoms with E-state index in [0.29, 0.717) is 44.0 Å². The van der Waals surface area contributed by atoms with Crippen molar-refractivity contribution in [2.24, 2.45) is 5.92 Å². The number of piperidine rings is 1. The first-order chi connectivity index (χ1) is 19.6. The summed E-state index contributed by atoms with van der Waals surface area (Å²) in [6.07, 6.45) is 0.211. The van der Waals surface area contributed by atoms with Crippen LogP contribution in [-0.4, -0.2) is 75.6 Å². The Kier molecular flexibility index (Phi) is 8.73. The monoisotopic (exact) mass is 592 g/mol. The van der Waals surface area contributed by atoms with Gasteiger partial charge in [0.25, 0.3) is 5.91 Å². The number of likely N-dealkylation sites (tertiary alicyclic amines) is 1. The maximum Gasteiger partial charge on any atom is 0.419 e. The van der Waals surface area contributed by atoms with Gasteiger partial charge >= 0.3 is 6.18 Å². The zero-order valence-corrected chi connectivity index (χ0v) is 23.2. The average Bonchev–Trinajstić information content (AvgIpc) is 3.62. The topological polar surface area (TPSA) is 124 Å². The van der Waals surface area contributed by atoms with Crippen LogP contribution in [0.4, 0.5) is 24.1 Å². The third kappa shape index (κ3) is 6.77. The summed E-state index contributed by atoms with van der Waals surface area (Å²) in [5.41, 5.74) is -0.166. The highest BCUT2D eigenvalue weighted by molar-refractivity contribution is 7.16. The maximum atomic E-state index is 13.7. The largest absolute Gasteiger partial charge is 0.496 e. The van der Waals surface area contributed by atoms with E-state index in [4.69, 9.17) is 4.74 Å². The van der Waals surface area contributed by atoms with Gasteiger partial charge in [0.1, 0.15) is 17.3 Å². The standard InChI is InChI=1S/C27H31F3N6O4S/c1-40-20-5-4-17(12-18(20)27(28,29)30)23-21(15-35-8-2-3-9-35)41-26(33-23)34-24(37)19-13-32-22(14-31-19)36-10-6-16(7-11-36)25(38)39/h4-5,12-14,16,25,38-39H,2-3,6-11,15H2,1H3,(H,33,34,37). The van der Waals surface area contributed by atoms with E-state index >= 15 is 0 Å². The van der Waals surface area contributed by atoms with Crippen molar-refractivity contribution >= 4 is 28.2 Å². The second-order valence-electron chi connectivity index (χ2n) is 10.1. The van der Waals surface area contributed by atoms with Crippen LogP contribution in [0.5, 0.6) is 5.75 Å². The molecule has 2 saturated heterocycles. The smallest absolute Gasteiger partial charge is 0.419 e. The number of carbonyl (C=O) groups excluding carboxylic acids is 1. The molecule has 1 amide bonds. The van der Waals surface area contributed by atoms with E-state index in [1.54, 1.807) is 0 Å². The van der Waals surface area contributed by atoms with Crippen LogP contribution < -0.4 is 15.0 Å². The number of ether oxygens (including phenoxy) is 1. The van der Waals surface area contributed by atoms with Crippen molar-refractivity contribution in [3.8, 4) is 17.0 Å². The van der Waals surface area contributed by atoms with Crippen molar-refractivity contribution < 1.29 is 32.9 Å². The molecule has 2 aromatic heterocycles. The van der Waals surface area contributed by atoms with Gasteiger partial charge in [-0.3, -0.25) is 15.0 Å². The van der Waals surface area contributed by atoms with E-state index in [-0.39, 0.29) is 28.1 Å². The summed E-state index contributed by atoms with van der Waals surface area (Å²) in [7, 11) is 1.19. The number of aromatic nitrogens is 3. The number of thiazole rings is 1. The number of carbonyl (C=O) groups is 1. The van der Waals surface area contributed by atoms with E-state index in [1.807, 2.05) is 4.90 Å². The van der Waals surface area contributed by atoms with E-state index in [2.05, 4.69) is 25.2 Å². The third-order valence-electron chi connectivity index (χ3n) is 7.42. The molecule has 3 N–H and O–H groups in total. The highest BCUT2D eigenvalue weighted by Gasteiger charge is 2.35. The van der Waals surface area contributed by atoms with Gasteiger partial charge in [-0.25, -0.2) is 15.0 Å². The van der Waals surface area contributed by atoms with E-state index < -0.39 is 23.9 Å². The number of hydrogen-bond acceptors (Lipinski definition) is 10. The number of rotatable bonds is 8. The highest BCUT2D eigenvalue weighted by atomic mass is 32.1. The fraction of sp³-hybridized carbons (Fsp3) is 0.481. The Hall–Kier alpha value is -3.33. The Bertz CT molecular complexity index is 1350. The van der Waals surface area contributed by atoms with Crippen LogP contribution in [0.1, 0.15) is 46.6 Å². The van der Waals surface area contributed by atoms with Crippen molar-refractivity contribution in [1.82, 2.24) is 19.9 Å². The molecule has 0 spiro atoms. The molecule has 5 rings (SSSR count). The summed E-state index contributed by atoms with van der Waals surface area (Å²) in [5, 5.41) is 21.7. The lowest BCUT2D eigenvalue weighted by Gasteiger charge is -2.33. The Balaban J connectivity index is 1.35. The van der Waals surface area contributed by atoms with Gasteiger partial charge in [-0.2, -0.15) is 13.2 Å². The predicted octanol–water partition coefficient (Wildman–Crippen LogP) is 4.00. The molecule has 0 saturated carbocycles. The Morgan fingerprint density at radius 1 is 1.15 bits per heavy atom. The van der Waals surface area contributed by atoms with Gasteiger partial charge in [0.15, 0.2) is 11.4 Å². The van der Waals surface area contributed by atoms with Crippen molar-refractivity contribution in [2.45, 2.75) is 44.7 Å². The van der Waals surface area contributed by atoms with Gasteiger partial charge in [-0.15, -0.1) is 0 Å². The van der Waals surface area contributed by atoms with Gasteiger partial charge in [0.05, 0.1) is 30.8 Å². The lowest BCUT2D eigenvalue weighted by atomic mass is 9.96. The quantitative estimate of drug-likeness (QED) is 0.333. The fourth-order valence-electron chi connectivity index (χ4n) is 5.15. The molecular formula is C27H31F3N6O4S. The lowest BCUT2D eigenvalue weighted by Crippen LogP contribution is -2.38. The van der Waals surface area contributed by atoms with Gasteiger partial charge in [0.2, 0.25) is 0 Å². The molecule has 0 atom stereocenters. The molecule has 0 bridgehead atoms. The van der Waals surface area contributed by atoms with Crippen molar-refractivity contribution in [3.63, 3.8) is 0 Å². The van der Waals surface area contributed by atoms with Gasteiger partial charge < -0.3 is 19.8 Å². The van der Waals surface area contributed by atoms with Crippen molar-refractivity contribution in [3.05, 3.63) is 46.7 Å². The summed E-state index contributed by atoms with van der Waals surface area (Å²) in [5.74, 6) is -0.411. The summed E-state index contributed by atoms with van der Waals surface area (Å²) in [6, 6.07) is 3.85. The number of aliphatic hydroxyl groups excluding tert-OH is 1. The van der Waals surface area contributed by atoms with Crippen LogP contribution in [0.2, 0.25) is 0 Å². The van der Waals surface area contributed by atoms with Crippen molar-refractivity contribution in [1.29, 1.82) is 0 Å². The third-order valence-corrected chi connectivity index (χ3v) is 8.37. The number of methoxy groups -OCH3 is 1. The van der Waals surface area contributed by atoms with E-state index in [9.17, 15) is 28.2 Å². The minimum Gasteiger partial charge on any atom is -0.496 e. The molecule has 0 aliphatic carbocycles. The number of anilines is 2. The van der Waals surface area contributed by atoms with Crippen LogP contribution in [-0.2, 0) is 12.7 Å². The van der Waals surface area contributed by atoms with E-state index in [1.165, 1.54) is 43.0 Å². The second kappa shape index (κ2) is 12.3. The summed E-state index contributed by atoms with van der Waals surface area (Å²) >= 11 is 1.22. The molecule has 2 fully saturated rings. The number of benzene rings is 1. The Morgan fingerprint density at radius 3 is 2.49 bits per heavy atom. The lowest BCUT2D eigenvalue weighted by molar-refractivity contribution is -0.138. The maximum absolute atomic E-state index is 13.7. The number of nitrogens with zero attached hydrogens (tertiary/aromatic N) is 5. The van der Waals surface area contributed by atoms with Crippen LogP contribution in [0.15, 0.2) is 30.6 Å². The number of aliphatic hydroxyl groups is 2. The molecule has 2 aliphatic heterocycles. The first-order valence-corrected chi connectivity index (χ1v) is 14.2. The normalized spacial score (nSPS) is 16.9. The minimum absolute atomic E-state index is 0.0658. The van der Waals surface area contributed by atoms with Crippen molar-refractivity contribution in [2.75, 3.05) is 43.5 Å². The number of nitrogens with one attached hydrogen (secondary N) is 1. The first-order valence-electron chi connectivity index (χ1n) is 13.3. The zero-order chi connectivity index (χ0) is 29.1. The minimum atomic E-state index is -4.61. The second-order valence-corrected chi connectivity index (χ2v) is 11.2. The zero-order valence-electron chi connectivity index (χ0n) is 22.4. The predicted molar refractivity (Wildman–Crippen MR) is 147 cm³/mol. The molecule has 3 aromatic rings.